The Morgan fingerprint density at radius 2 is 0.315 bits per heavy atom. The van der Waals surface area contributed by atoms with Gasteiger partial charge in [-0.15, -0.1) is 0 Å². The Morgan fingerprint density at radius 3 is 0.411 bits per heavy atom. The van der Waals surface area contributed by atoms with E-state index in [1.807, 2.05) is 182 Å². The fourth-order valence-corrected chi connectivity index (χ4v) is 5.74. The number of rotatable bonds is 3. The van der Waals surface area contributed by atoms with E-state index >= 15 is 0 Å². The number of aryl methyl sites for hydroxylation is 10. The number of aliphatic hydroxyl groups excluding tert-OH is 1. The van der Waals surface area contributed by atoms with Crippen molar-refractivity contribution in [2.24, 2.45) is 0 Å². The molecule has 0 saturated carbocycles. The Bertz CT molecular complexity index is 2070. The van der Waals surface area contributed by atoms with Gasteiger partial charge in [0.1, 0.15) is 0 Å². The van der Waals surface area contributed by atoms with Crippen LogP contribution >= 0.6 is 0 Å². The van der Waals surface area contributed by atoms with Crippen molar-refractivity contribution in [2.45, 2.75) is 75.2 Å². The molecule has 0 unspecified atom stereocenters. The zero-order chi connectivity index (χ0) is 53.3. The molecule has 0 fully saturated rings. The first-order valence-electron chi connectivity index (χ1n) is 25.3. The first-order chi connectivity index (χ1) is 35.5. The molecule has 0 atom stereocenters. The van der Waals surface area contributed by atoms with E-state index in [2.05, 4.69) is 184 Å². The van der Waals surface area contributed by atoms with Crippen molar-refractivity contribution in [2.75, 3.05) is 6.61 Å². The second kappa shape index (κ2) is 45.3. The van der Waals surface area contributed by atoms with E-state index in [1.165, 1.54) is 55.6 Å². The first kappa shape index (κ1) is 63.2. The molecule has 10 aromatic rings. The molecule has 1 heteroatoms. The van der Waals surface area contributed by atoms with E-state index in [0.717, 1.165) is 12.8 Å². The van der Waals surface area contributed by atoms with Crippen molar-refractivity contribution in [1.29, 1.82) is 0 Å². The molecule has 0 aliphatic rings. The predicted octanol–water partition coefficient (Wildman–Crippen LogP) is 19.6. The smallest absolute Gasteiger partial charge is 0.0434 e. The summed E-state index contributed by atoms with van der Waals surface area (Å²) in [7, 11) is 0. The lowest BCUT2D eigenvalue weighted by Crippen LogP contribution is -1.87. The van der Waals surface area contributed by atoms with Crippen molar-refractivity contribution in [3.63, 3.8) is 0 Å². The maximum atomic E-state index is 8.53. The lowest BCUT2D eigenvalue weighted by molar-refractivity contribution is 0.288. The third-order valence-corrected chi connectivity index (χ3v) is 9.93. The van der Waals surface area contributed by atoms with Crippen LogP contribution in [-0.2, 0) is 6.42 Å². The van der Waals surface area contributed by atoms with Gasteiger partial charge in [0.05, 0.1) is 0 Å². The SMILES string of the molecule is Cc1ccccc1.Cc1ccccc1.Cc1ccccc1.Cc1ccccc1.Cc1ccccc1.Cc1ccccc1.Cc1ccccc1.Cc1ccccc1.Cc1ccccc1.OCCCc1ccccc1. The zero-order valence-corrected chi connectivity index (χ0v) is 45.4. The molecular formula is C72H84O. The van der Waals surface area contributed by atoms with E-state index in [0.29, 0.717) is 0 Å². The zero-order valence-electron chi connectivity index (χ0n) is 45.4. The predicted molar refractivity (Wildman–Crippen MR) is 322 cm³/mol. The Hall–Kier alpha value is -7.84. The molecule has 0 aliphatic heterocycles. The number of hydrogen-bond donors (Lipinski definition) is 1. The summed E-state index contributed by atoms with van der Waals surface area (Å²) in [6.45, 7) is 19.0. The normalized spacial score (nSPS) is 8.85. The number of aliphatic hydroxyl groups is 1. The Balaban J connectivity index is 0.000000406. The summed E-state index contributed by atoms with van der Waals surface area (Å²) in [5, 5.41) is 8.53. The van der Waals surface area contributed by atoms with Crippen molar-refractivity contribution < 1.29 is 5.11 Å². The van der Waals surface area contributed by atoms with E-state index in [1.54, 1.807) is 0 Å². The lowest BCUT2D eigenvalue weighted by atomic mass is 10.1. The maximum absolute atomic E-state index is 8.53. The molecule has 0 heterocycles. The molecule has 73 heavy (non-hydrogen) atoms. The summed E-state index contributed by atoms with van der Waals surface area (Å²) in [5.41, 5.74) is 13.2. The summed E-state index contributed by atoms with van der Waals surface area (Å²) in [4.78, 5) is 0. The van der Waals surface area contributed by atoms with Crippen molar-refractivity contribution in [3.05, 3.63) is 359 Å². The molecule has 10 rings (SSSR count). The Labute approximate surface area is 443 Å². The van der Waals surface area contributed by atoms with Gasteiger partial charge >= 0.3 is 0 Å². The first-order valence-corrected chi connectivity index (χ1v) is 25.3. The summed E-state index contributed by atoms with van der Waals surface area (Å²) in [6.07, 6.45) is 1.85. The second-order valence-corrected chi connectivity index (χ2v) is 17.2. The fourth-order valence-electron chi connectivity index (χ4n) is 5.74. The maximum Gasteiger partial charge on any atom is 0.0434 e. The van der Waals surface area contributed by atoms with Gasteiger partial charge in [-0.2, -0.15) is 0 Å². The molecule has 0 bridgehead atoms. The lowest BCUT2D eigenvalue weighted by Gasteiger charge is -1.96. The highest BCUT2D eigenvalue weighted by Crippen LogP contribution is 2.01. The molecule has 0 aromatic heterocycles. The average Bonchev–Trinajstić information content (AvgIpc) is 3.42. The van der Waals surface area contributed by atoms with Crippen LogP contribution in [0.15, 0.2) is 303 Å². The van der Waals surface area contributed by atoms with Crippen molar-refractivity contribution >= 4 is 0 Å². The molecule has 0 spiro atoms. The highest BCUT2D eigenvalue weighted by atomic mass is 16.2. The van der Waals surface area contributed by atoms with Crippen LogP contribution in [0.2, 0.25) is 0 Å². The van der Waals surface area contributed by atoms with Crippen molar-refractivity contribution in [3.8, 4) is 0 Å². The minimum atomic E-state index is 0.287. The van der Waals surface area contributed by atoms with Gasteiger partial charge in [0.25, 0.3) is 0 Å². The van der Waals surface area contributed by atoms with Gasteiger partial charge in [0.2, 0.25) is 0 Å². The van der Waals surface area contributed by atoms with Gasteiger partial charge in [0.15, 0.2) is 0 Å². The Kier molecular flexibility index (Phi) is 39.2. The van der Waals surface area contributed by atoms with Crippen molar-refractivity contribution in [1.82, 2.24) is 0 Å². The van der Waals surface area contributed by atoms with Crippen LogP contribution in [0.4, 0.5) is 0 Å². The standard InChI is InChI=1S/C9H12O.9C7H8/c10-8-4-7-9-5-2-1-3-6-9;9*1-7-5-3-2-4-6-7/h1-3,5-6,10H,4,7-8H2;9*2-6H,1H3. The van der Waals surface area contributed by atoms with E-state index < -0.39 is 0 Å². The minimum absolute atomic E-state index is 0.287. The summed E-state index contributed by atoms with van der Waals surface area (Å²) in [6, 6.07) is 103. The summed E-state index contributed by atoms with van der Waals surface area (Å²) >= 11 is 0. The molecule has 0 radical (unpaired) electrons. The topological polar surface area (TPSA) is 20.2 Å². The number of hydrogen-bond acceptors (Lipinski definition) is 1. The van der Waals surface area contributed by atoms with Gasteiger partial charge in [-0.1, -0.05) is 353 Å². The summed E-state index contributed by atoms with van der Waals surface area (Å²) < 4.78 is 0. The molecular weight excluding hydrogens is 881 g/mol. The largest absolute Gasteiger partial charge is 0.396 e. The molecule has 0 aliphatic carbocycles. The van der Waals surface area contributed by atoms with Gasteiger partial charge in [-0.05, 0) is 80.7 Å². The van der Waals surface area contributed by atoms with Crippen LogP contribution in [-0.4, -0.2) is 11.7 Å². The molecule has 1 nitrogen and oxygen atoms in total. The van der Waals surface area contributed by atoms with Crippen LogP contribution in [0.5, 0.6) is 0 Å². The Morgan fingerprint density at radius 1 is 0.192 bits per heavy atom. The number of benzene rings is 10. The van der Waals surface area contributed by atoms with Gasteiger partial charge in [-0.25, -0.2) is 0 Å². The van der Waals surface area contributed by atoms with E-state index in [-0.39, 0.29) is 6.61 Å². The molecule has 10 aromatic carbocycles. The quantitative estimate of drug-likeness (QED) is 0.187. The third-order valence-electron chi connectivity index (χ3n) is 9.93. The van der Waals surface area contributed by atoms with Gasteiger partial charge < -0.3 is 5.11 Å². The fraction of sp³-hybridized carbons (Fsp3) is 0.167. The highest BCUT2D eigenvalue weighted by molar-refractivity contribution is 5.18. The highest BCUT2D eigenvalue weighted by Gasteiger charge is 1.88. The average molecular weight is 965 g/mol. The summed E-state index contributed by atoms with van der Waals surface area (Å²) in [5.74, 6) is 0. The van der Waals surface area contributed by atoms with Crippen LogP contribution < -0.4 is 0 Å². The van der Waals surface area contributed by atoms with Crippen LogP contribution in [0.1, 0.15) is 62.1 Å². The molecule has 0 saturated heterocycles. The molecule has 378 valence electrons. The molecule has 0 amide bonds. The van der Waals surface area contributed by atoms with Gasteiger partial charge in [-0.3, -0.25) is 0 Å². The van der Waals surface area contributed by atoms with Crippen LogP contribution in [0, 0.1) is 62.3 Å². The van der Waals surface area contributed by atoms with Crippen LogP contribution in [0.25, 0.3) is 0 Å². The van der Waals surface area contributed by atoms with Gasteiger partial charge in [0, 0.05) is 6.61 Å². The second-order valence-electron chi connectivity index (χ2n) is 17.2. The molecule has 1 N–H and O–H groups in total. The third kappa shape index (κ3) is 42.7. The monoisotopic (exact) mass is 965 g/mol. The van der Waals surface area contributed by atoms with Crippen LogP contribution in [0.3, 0.4) is 0 Å². The van der Waals surface area contributed by atoms with E-state index in [4.69, 9.17) is 5.11 Å². The minimum Gasteiger partial charge on any atom is -0.396 e. The van der Waals surface area contributed by atoms with E-state index in [9.17, 15) is 0 Å².